The number of rotatable bonds is 10. The molecule has 10 nitrogen and oxygen atoms in total. The summed E-state index contributed by atoms with van der Waals surface area (Å²) in [5, 5.41) is 2.72. The van der Waals surface area contributed by atoms with Crippen molar-refractivity contribution in [2.24, 2.45) is 0 Å². The number of nitrogens with zero attached hydrogens (tertiary/aromatic N) is 2. The first kappa shape index (κ1) is 27.2. The number of methoxy groups -OCH3 is 2. The second kappa shape index (κ2) is 12.1. The highest BCUT2D eigenvalue weighted by molar-refractivity contribution is 6.22. The van der Waals surface area contributed by atoms with E-state index in [-0.39, 0.29) is 25.1 Å². The highest BCUT2D eigenvalue weighted by Gasteiger charge is 2.46. The van der Waals surface area contributed by atoms with E-state index in [1.807, 2.05) is 0 Å². The van der Waals surface area contributed by atoms with Crippen LogP contribution in [-0.2, 0) is 20.9 Å². The smallest absolute Gasteiger partial charge is 0.338 e. The second-order valence-corrected chi connectivity index (χ2v) is 8.70. The topological polar surface area (TPSA) is 114 Å². The zero-order valence-corrected chi connectivity index (χ0v) is 21.9. The van der Waals surface area contributed by atoms with Crippen LogP contribution in [0.15, 0.2) is 72.8 Å². The van der Waals surface area contributed by atoms with Crippen molar-refractivity contribution < 1.29 is 33.4 Å². The Kier molecular flexibility index (Phi) is 8.45. The molecule has 1 aliphatic heterocycles. The highest BCUT2D eigenvalue weighted by Crippen LogP contribution is 2.31. The van der Waals surface area contributed by atoms with Gasteiger partial charge in [0, 0.05) is 18.3 Å². The normalized spacial score (nSPS) is 14.8. The molecule has 39 heavy (non-hydrogen) atoms. The maximum Gasteiger partial charge on any atom is 0.338 e. The third-order valence-corrected chi connectivity index (χ3v) is 6.18. The molecule has 1 atom stereocenters. The molecule has 3 aromatic rings. The summed E-state index contributed by atoms with van der Waals surface area (Å²) in [5.74, 6) is -0.393. The van der Waals surface area contributed by atoms with Crippen molar-refractivity contribution in [1.82, 2.24) is 4.90 Å². The maximum atomic E-state index is 13.6. The molecule has 0 bridgehead atoms. The minimum Gasteiger partial charge on any atom is -0.497 e. The number of anilines is 2. The summed E-state index contributed by atoms with van der Waals surface area (Å²) in [5.41, 5.74) is 1.76. The highest BCUT2D eigenvalue weighted by atomic mass is 16.5. The molecule has 0 radical (unpaired) electrons. The first-order valence-corrected chi connectivity index (χ1v) is 12.3. The number of urea groups is 1. The Morgan fingerprint density at radius 3 is 2.31 bits per heavy atom. The minimum absolute atomic E-state index is 0.103. The van der Waals surface area contributed by atoms with Crippen LogP contribution in [0.25, 0.3) is 0 Å². The summed E-state index contributed by atoms with van der Waals surface area (Å²) in [6.45, 7) is 2.03. The molecule has 1 heterocycles. The first-order chi connectivity index (χ1) is 18.8. The van der Waals surface area contributed by atoms with Crippen molar-refractivity contribution >= 4 is 35.2 Å². The SMILES string of the molecule is CCOC(=O)c1cccc(NC(=O)C[C@H]2C(=O)N(c3cccc(OC)c3)C(=O)N2Cc2ccc(OC)cc2)c1. The van der Waals surface area contributed by atoms with Gasteiger partial charge in [0.15, 0.2) is 0 Å². The number of amides is 4. The van der Waals surface area contributed by atoms with Gasteiger partial charge < -0.3 is 24.4 Å². The van der Waals surface area contributed by atoms with Crippen LogP contribution in [0.4, 0.5) is 16.2 Å². The van der Waals surface area contributed by atoms with Crippen LogP contribution < -0.4 is 19.7 Å². The summed E-state index contributed by atoms with van der Waals surface area (Å²) in [6.07, 6.45) is -0.287. The fraction of sp³-hybridized carbons (Fsp3) is 0.241. The van der Waals surface area contributed by atoms with Crippen LogP contribution in [0, 0.1) is 0 Å². The summed E-state index contributed by atoms with van der Waals surface area (Å²) in [6, 6.07) is 18.4. The molecule has 3 aromatic carbocycles. The Morgan fingerprint density at radius 1 is 0.897 bits per heavy atom. The fourth-order valence-corrected chi connectivity index (χ4v) is 4.25. The monoisotopic (exact) mass is 531 g/mol. The standard InChI is InChI=1S/C29H29N3O7/c1-4-39-28(35)20-7-5-8-21(15-20)30-26(33)17-25-27(34)32(22-9-6-10-24(16-22)38-3)29(36)31(25)18-19-11-13-23(37-2)14-12-19/h5-16,25H,4,17-18H2,1-3H3,(H,30,33)/t25-/m0/s1. The zero-order valence-electron chi connectivity index (χ0n) is 21.9. The number of esters is 1. The molecule has 10 heteroatoms. The van der Waals surface area contributed by atoms with E-state index in [1.165, 1.54) is 18.1 Å². The van der Waals surface area contributed by atoms with Gasteiger partial charge in [-0.1, -0.05) is 24.3 Å². The molecular formula is C29H29N3O7. The van der Waals surface area contributed by atoms with Crippen molar-refractivity contribution in [3.63, 3.8) is 0 Å². The molecule has 0 saturated carbocycles. The van der Waals surface area contributed by atoms with Crippen LogP contribution in [-0.4, -0.2) is 55.6 Å². The van der Waals surface area contributed by atoms with Gasteiger partial charge in [-0.25, -0.2) is 14.5 Å². The Balaban J connectivity index is 1.58. The Labute approximate surface area is 226 Å². The molecule has 1 N–H and O–H groups in total. The van der Waals surface area contributed by atoms with Crippen LogP contribution in [0.1, 0.15) is 29.3 Å². The maximum absolute atomic E-state index is 13.6. The van der Waals surface area contributed by atoms with Crippen molar-refractivity contribution in [3.05, 3.63) is 83.9 Å². The lowest BCUT2D eigenvalue weighted by Gasteiger charge is -2.22. The predicted octanol–water partition coefficient (Wildman–Crippen LogP) is 4.25. The summed E-state index contributed by atoms with van der Waals surface area (Å²) in [4.78, 5) is 54.7. The van der Waals surface area contributed by atoms with Gasteiger partial charge in [-0.3, -0.25) is 9.59 Å². The summed E-state index contributed by atoms with van der Waals surface area (Å²) < 4.78 is 15.5. The quantitative estimate of drug-likeness (QED) is 0.307. The number of carbonyl (C=O) groups excluding carboxylic acids is 4. The number of hydrogen-bond donors (Lipinski definition) is 1. The minimum atomic E-state index is -1.06. The number of benzene rings is 3. The number of ether oxygens (including phenoxy) is 3. The van der Waals surface area contributed by atoms with E-state index in [4.69, 9.17) is 14.2 Å². The number of carbonyl (C=O) groups is 4. The van der Waals surface area contributed by atoms with E-state index in [2.05, 4.69) is 5.32 Å². The second-order valence-electron chi connectivity index (χ2n) is 8.70. The van der Waals surface area contributed by atoms with E-state index in [1.54, 1.807) is 80.8 Å². The summed E-state index contributed by atoms with van der Waals surface area (Å²) in [7, 11) is 3.05. The van der Waals surface area contributed by atoms with E-state index >= 15 is 0 Å². The van der Waals surface area contributed by atoms with E-state index in [0.29, 0.717) is 22.9 Å². The van der Waals surface area contributed by atoms with Crippen LogP contribution in [0.2, 0.25) is 0 Å². The lowest BCUT2D eigenvalue weighted by molar-refractivity contribution is -0.124. The van der Waals surface area contributed by atoms with Gasteiger partial charge in [0.1, 0.15) is 17.5 Å². The largest absolute Gasteiger partial charge is 0.497 e. The fourth-order valence-electron chi connectivity index (χ4n) is 4.25. The molecule has 0 aliphatic carbocycles. The van der Waals surface area contributed by atoms with Crippen molar-refractivity contribution in [2.75, 3.05) is 31.0 Å². The molecule has 0 unspecified atom stereocenters. The lowest BCUT2D eigenvalue weighted by atomic mass is 10.1. The van der Waals surface area contributed by atoms with Crippen LogP contribution in [0.5, 0.6) is 11.5 Å². The molecule has 202 valence electrons. The van der Waals surface area contributed by atoms with Crippen LogP contribution >= 0.6 is 0 Å². The zero-order chi connectivity index (χ0) is 27.9. The van der Waals surface area contributed by atoms with Gasteiger partial charge in [-0.15, -0.1) is 0 Å². The number of nitrogens with one attached hydrogen (secondary N) is 1. The van der Waals surface area contributed by atoms with Gasteiger partial charge in [-0.2, -0.15) is 0 Å². The molecule has 0 spiro atoms. The van der Waals surface area contributed by atoms with Gasteiger partial charge >= 0.3 is 12.0 Å². The molecule has 1 saturated heterocycles. The average molecular weight is 532 g/mol. The number of imide groups is 1. The molecular weight excluding hydrogens is 502 g/mol. The van der Waals surface area contributed by atoms with E-state index in [0.717, 1.165) is 10.5 Å². The molecule has 0 aromatic heterocycles. The Hall–Kier alpha value is -4.86. The van der Waals surface area contributed by atoms with Gasteiger partial charge in [0.25, 0.3) is 5.91 Å². The average Bonchev–Trinajstić information content (AvgIpc) is 3.17. The van der Waals surface area contributed by atoms with Crippen LogP contribution in [0.3, 0.4) is 0 Å². The first-order valence-electron chi connectivity index (χ1n) is 12.3. The van der Waals surface area contributed by atoms with E-state index < -0.39 is 29.9 Å². The Morgan fingerprint density at radius 2 is 1.62 bits per heavy atom. The molecule has 1 aliphatic rings. The van der Waals surface area contributed by atoms with Crippen molar-refractivity contribution in [3.8, 4) is 11.5 Å². The third-order valence-electron chi connectivity index (χ3n) is 6.18. The van der Waals surface area contributed by atoms with Gasteiger partial charge in [-0.05, 0) is 55.0 Å². The lowest BCUT2D eigenvalue weighted by Crippen LogP contribution is -2.37. The Bertz CT molecular complexity index is 1370. The van der Waals surface area contributed by atoms with E-state index in [9.17, 15) is 19.2 Å². The van der Waals surface area contributed by atoms with Gasteiger partial charge in [0.2, 0.25) is 5.91 Å². The van der Waals surface area contributed by atoms with Crippen molar-refractivity contribution in [2.45, 2.75) is 25.9 Å². The summed E-state index contributed by atoms with van der Waals surface area (Å²) >= 11 is 0. The number of hydrogen-bond acceptors (Lipinski definition) is 7. The molecule has 4 rings (SSSR count). The van der Waals surface area contributed by atoms with Gasteiger partial charge in [0.05, 0.1) is 38.5 Å². The predicted molar refractivity (Wildman–Crippen MR) is 144 cm³/mol. The van der Waals surface area contributed by atoms with Crippen molar-refractivity contribution in [1.29, 1.82) is 0 Å². The molecule has 1 fully saturated rings. The third kappa shape index (κ3) is 6.18. The molecule has 4 amide bonds.